The second-order valence-corrected chi connectivity index (χ2v) is 5.99. The molecule has 0 bridgehead atoms. The molecule has 19 heavy (non-hydrogen) atoms. The van der Waals surface area contributed by atoms with Gasteiger partial charge >= 0.3 is 0 Å². The van der Waals surface area contributed by atoms with Crippen LogP contribution in [-0.4, -0.2) is 39.2 Å². The second-order valence-electron chi connectivity index (χ2n) is 5.43. The van der Waals surface area contributed by atoms with E-state index in [0.29, 0.717) is 18.5 Å². The molecule has 3 atom stereocenters. The number of ether oxygens (including phenoxy) is 1. The maximum Gasteiger partial charge on any atom is 0.245 e. The number of aliphatic hydroxyl groups is 1. The summed E-state index contributed by atoms with van der Waals surface area (Å²) in [5.74, 6) is 1.34. The van der Waals surface area contributed by atoms with E-state index in [2.05, 4.69) is 21.0 Å². The minimum Gasteiger partial charge on any atom is -0.473 e. The molecule has 1 heterocycles. The van der Waals surface area contributed by atoms with Gasteiger partial charge in [-0.2, -0.15) is 4.37 Å². The molecule has 2 N–H and O–H groups in total. The monoisotopic (exact) mass is 285 g/mol. The van der Waals surface area contributed by atoms with E-state index in [1.165, 1.54) is 32.1 Å². The SMILES string of the molecule is CC1CCCC(NCC(O)COc2cnsn2)CC1. The van der Waals surface area contributed by atoms with E-state index >= 15 is 0 Å². The van der Waals surface area contributed by atoms with E-state index in [0.717, 1.165) is 17.6 Å². The highest BCUT2D eigenvalue weighted by Crippen LogP contribution is 2.22. The molecule has 0 spiro atoms. The molecule has 0 amide bonds. The van der Waals surface area contributed by atoms with Crippen LogP contribution in [0.4, 0.5) is 0 Å². The number of rotatable bonds is 6. The van der Waals surface area contributed by atoms with Crippen molar-refractivity contribution in [2.24, 2.45) is 5.92 Å². The molecule has 0 radical (unpaired) electrons. The average molecular weight is 285 g/mol. The normalized spacial score (nSPS) is 25.8. The highest BCUT2D eigenvalue weighted by Gasteiger charge is 2.17. The molecule has 0 saturated heterocycles. The third-order valence-corrected chi connectivity index (χ3v) is 4.13. The van der Waals surface area contributed by atoms with Crippen molar-refractivity contribution in [1.82, 2.24) is 14.1 Å². The lowest BCUT2D eigenvalue weighted by Crippen LogP contribution is -2.37. The summed E-state index contributed by atoms with van der Waals surface area (Å²) in [5, 5.41) is 13.3. The van der Waals surface area contributed by atoms with Crippen molar-refractivity contribution in [3.63, 3.8) is 0 Å². The zero-order chi connectivity index (χ0) is 13.5. The Balaban J connectivity index is 1.61. The van der Waals surface area contributed by atoms with Crippen molar-refractivity contribution >= 4 is 11.7 Å². The second kappa shape index (κ2) is 7.77. The van der Waals surface area contributed by atoms with Gasteiger partial charge in [0.2, 0.25) is 5.88 Å². The Morgan fingerprint density at radius 3 is 3.16 bits per heavy atom. The van der Waals surface area contributed by atoms with Crippen LogP contribution < -0.4 is 10.1 Å². The molecule has 0 aromatic carbocycles. The molecule has 1 aromatic rings. The van der Waals surface area contributed by atoms with Crippen molar-refractivity contribution in [3.8, 4) is 5.88 Å². The molecule has 1 aliphatic rings. The minimum atomic E-state index is -0.498. The van der Waals surface area contributed by atoms with Crippen molar-refractivity contribution in [2.75, 3.05) is 13.2 Å². The van der Waals surface area contributed by atoms with Crippen LogP contribution >= 0.6 is 11.7 Å². The molecule has 1 aliphatic carbocycles. The molecule has 1 aromatic heterocycles. The van der Waals surface area contributed by atoms with Crippen LogP contribution in [0, 0.1) is 5.92 Å². The minimum absolute atomic E-state index is 0.265. The summed E-state index contributed by atoms with van der Waals surface area (Å²) >= 11 is 1.11. The molecule has 5 nitrogen and oxygen atoms in total. The highest BCUT2D eigenvalue weighted by atomic mass is 32.1. The number of aliphatic hydroxyl groups excluding tert-OH is 1. The lowest BCUT2D eigenvalue weighted by atomic mass is 10.0. The summed E-state index contributed by atoms with van der Waals surface area (Å²) in [6, 6.07) is 0.542. The van der Waals surface area contributed by atoms with Crippen LogP contribution in [0.5, 0.6) is 5.88 Å². The van der Waals surface area contributed by atoms with Gasteiger partial charge in [0, 0.05) is 12.6 Å². The Morgan fingerprint density at radius 2 is 2.37 bits per heavy atom. The summed E-state index contributed by atoms with van der Waals surface area (Å²) in [6.07, 6.45) is 7.41. The fraction of sp³-hybridized carbons (Fsp3) is 0.846. The molecular weight excluding hydrogens is 262 g/mol. The highest BCUT2D eigenvalue weighted by molar-refractivity contribution is 6.99. The summed E-state index contributed by atoms with van der Waals surface area (Å²) in [7, 11) is 0. The predicted molar refractivity (Wildman–Crippen MR) is 75.5 cm³/mol. The molecular formula is C13H23N3O2S. The van der Waals surface area contributed by atoms with Crippen LogP contribution in [-0.2, 0) is 0 Å². The zero-order valence-corrected chi connectivity index (χ0v) is 12.2. The summed E-state index contributed by atoms with van der Waals surface area (Å²) in [6.45, 7) is 3.17. The van der Waals surface area contributed by atoms with Crippen LogP contribution in [0.15, 0.2) is 6.20 Å². The van der Waals surface area contributed by atoms with E-state index < -0.39 is 6.10 Å². The van der Waals surface area contributed by atoms with Gasteiger partial charge in [-0.1, -0.05) is 19.8 Å². The number of hydrogen-bond donors (Lipinski definition) is 2. The number of nitrogens with one attached hydrogen (secondary N) is 1. The Kier molecular flexibility index (Phi) is 6.00. The lowest BCUT2D eigenvalue weighted by Gasteiger charge is -2.19. The maximum atomic E-state index is 9.87. The van der Waals surface area contributed by atoms with Gasteiger partial charge in [-0.25, -0.2) is 0 Å². The summed E-state index contributed by atoms with van der Waals surface area (Å²) in [4.78, 5) is 0. The van der Waals surface area contributed by atoms with Crippen LogP contribution in [0.25, 0.3) is 0 Å². The summed E-state index contributed by atoms with van der Waals surface area (Å²) < 4.78 is 13.1. The maximum absolute atomic E-state index is 9.87. The van der Waals surface area contributed by atoms with Crippen molar-refractivity contribution < 1.29 is 9.84 Å². The average Bonchev–Trinajstić information content (AvgIpc) is 2.84. The largest absolute Gasteiger partial charge is 0.473 e. The van der Waals surface area contributed by atoms with E-state index in [1.54, 1.807) is 6.20 Å². The van der Waals surface area contributed by atoms with Gasteiger partial charge in [0.1, 0.15) is 18.9 Å². The number of nitrogens with zero attached hydrogens (tertiary/aromatic N) is 2. The van der Waals surface area contributed by atoms with Crippen LogP contribution in [0.1, 0.15) is 39.0 Å². The van der Waals surface area contributed by atoms with E-state index in [1.807, 2.05) is 0 Å². The lowest BCUT2D eigenvalue weighted by molar-refractivity contribution is 0.101. The first kappa shape index (κ1) is 14.7. The number of aromatic nitrogens is 2. The third-order valence-electron chi connectivity index (χ3n) is 3.66. The van der Waals surface area contributed by atoms with Crippen molar-refractivity contribution in [1.29, 1.82) is 0 Å². The zero-order valence-electron chi connectivity index (χ0n) is 11.4. The molecule has 2 rings (SSSR count). The van der Waals surface area contributed by atoms with Crippen LogP contribution in [0.3, 0.4) is 0 Å². The topological polar surface area (TPSA) is 67.3 Å². The van der Waals surface area contributed by atoms with Gasteiger partial charge in [0.05, 0.1) is 11.7 Å². The van der Waals surface area contributed by atoms with E-state index in [4.69, 9.17) is 4.74 Å². The van der Waals surface area contributed by atoms with Crippen molar-refractivity contribution in [2.45, 2.75) is 51.2 Å². The molecule has 3 unspecified atom stereocenters. The Labute approximate surface area is 118 Å². The predicted octanol–water partition coefficient (Wildman–Crippen LogP) is 1.84. The first-order valence-corrected chi connectivity index (χ1v) is 7.79. The van der Waals surface area contributed by atoms with Gasteiger partial charge in [-0.3, -0.25) is 0 Å². The van der Waals surface area contributed by atoms with Gasteiger partial charge in [0.25, 0.3) is 0 Å². The van der Waals surface area contributed by atoms with Gasteiger partial charge < -0.3 is 15.2 Å². The summed E-state index contributed by atoms with van der Waals surface area (Å²) in [5.41, 5.74) is 0. The molecule has 1 fully saturated rings. The molecule has 6 heteroatoms. The molecule has 1 saturated carbocycles. The third kappa shape index (κ3) is 5.42. The van der Waals surface area contributed by atoms with E-state index in [9.17, 15) is 5.11 Å². The first-order valence-electron chi connectivity index (χ1n) is 7.06. The Bertz CT molecular complexity index is 348. The Hall–Kier alpha value is -0.720. The Morgan fingerprint density at radius 1 is 1.47 bits per heavy atom. The van der Waals surface area contributed by atoms with E-state index in [-0.39, 0.29) is 6.61 Å². The fourth-order valence-corrected chi connectivity index (χ4v) is 2.82. The smallest absolute Gasteiger partial charge is 0.245 e. The standard InChI is InChI=1S/C13H23N3O2S/c1-10-3-2-4-11(6-5-10)14-7-12(17)9-18-13-8-15-19-16-13/h8,10-12,14,17H,2-7,9H2,1H3. The van der Waals surface area contributed by atoms with Crippen LogP contribution in [0.2, 0.25) is 0 Å². The number of hydrogen-bond acceptors (Lipinski definition) is 6. The van der Waals surface area contributed by atoms with Crippen molar-refractivity contribution in [3.05, 3.63) is 6.20 Å². The molecule has 0 aliphatic heterocycles. The quantitative estimate of drug-likeness (QED) is 0.781. The van der Waals surface area contributed by atoms with Gasteiger partial charge in [0.15, 0.2) is 0 Å². The fourth-order valence-electron chi connectivity index (χ4n) is 2.45. The van der Waals surface area contributed by atoms with Gasteiger partial charge in [-0.15, -0.1) is 4.37 Å². The first-order chi connectivity index (χ1) is 9.24. The molecule has 108 valence electrons. The van der Waals surface area contributed by atoms with Gasteiger partial charge in [-0.05, 0) is 25.2 Å².